The number of anilines is 1. The van der Waals surface area contributed by atoms with Gasteiger partial charge in [0.15, 0.2) is 5.65 Å². The van der Waals surface area contributed by atoms with E-state index in [1.54, 1.807) is 6.07 Å². The zero-order chi connectivity index (χ0) is 22.0. The average molecular weight is 423 g/mol. The van der Waals surface area contributed by atoms with E-state index >= 15 is 0 Å². The van der Waals surface area contributed by atoms with Gasteiger partial charge >= 0.3 is 0 Å². The Labute approximate surface area is 179 Å². The number of rotatable bonds is 6. The van der Waals surface area contributed by atoms with Crippen molar-refractivity contribution in [1.29, 1.82) is 5.26 Å². The number of likely N-dealkylation sites (N-methyl/N-ethyl adjacent to an activating group) is 1. The van der Waals surface area contributed by atoms with Crippen LogP contribution in [0.4, 0.5) is 10.1 Å². The highest BCUT2D eigenvalue weighted by molar-refractivity contribution is 5.56. The van der Waals surface area contributed by atoms with Crippen molar-refractivity contribution >= 4 is 11.3 Å². The van der Waals surface area contributed by atoms with Crippen molar-refractivity contribution < 1.29 is 4.39 Å². The summed E-state index contributed by atoms with van der Waals surface area (Å²) in [5.74, 6) is -0.275. The molecule has 1 atom stereocenters. The molecule has 9 heteroatoms. The summed E-state index contributed by atoms with van der Waals surface area (Å²) in [5.41, 5.74) is 2.77. The molecule has 0 amide bonds. The van der Waals surface area contributed by atoms with Crippen LogP contribution in [-0.2, 0) is 6.54 Å². The third-order valence-electron chi connectivity index (χ3n) is 5.88. The maximum Gasteiger partial charge on any atom is 0.272 e. The number of benzene rings is 1. The van der Waals surface area contributed by atoms with Gasteiger partial charge in [0.2, 0.25) is 0 Å². The summed E-state index contributed by atoms with van der Waals surface area (Å²) in [4.78, 5) is 21.4. The van der Waals surface area contributed by atoms with Crippen LogP contribution in [-0.4, -0.2) is 52.2 Å². The van der Waals surface area contributed by atoms with Crippen LogP contribution in [0.25, 0.3) is 5.65 Å². The van der Waals surface area contributed by atoms with Gasteiger partial charge in [-0.05, 0) is 37.2 Å². The maximum absolute atomic E-state index is 14.1. The number of halogens is 1. The van der Waals surface area contributed by atoms with E-state index < -0.39 is 0 Å². The zero-order valence-electron chi connectivity index (χ0n) is 17.7. The highest BCUT2D eigenvalue weighted by Gasteiger charge is 2.21. The first kappa shape index (κ1) is 21.0. The van der Waals surface area contributed by atoms with Crippen LogP contribution >= 0.6 is 0 Å². The fraction of sp³-hybridized carbons (Fsp3) is 0.409. The van der Waals surface area contributed by atoms with Crippen LogP contribution in [0, 0.1) is 17.1 Å². The lowest BCUT2D eigenvalue weighted by Crippen LogP contribution is -2.46. The minimum atomic E-state index is -0.281. The van der Waals surface area contributed by atoms with E-state index in [1.165, 1.54) is 22.8 Å². The quantitative estimate of drug-likeness (QED) is 0.630. The van der Waals surface area contributed by atoms with Crippen LogP contribution in [0.1, 0.15) is 36.7 Å². The lowest BCUT2D eigenvalue weighted by atomic mass is 10.0. The Hall–Kier alpha value is -3.22. The lowest BCUT2D eigenvalue weighted by Gasteiger charge is -2.37. The molecule has 162 valence electrons. The first-order valence-electron chi connectivity index (χ1n) is 10.5. The van der Waals surface area contributed by atoms with Crippen molar-refractivity contribution in [2.75, 3.05) is 37.6 Å². The summed E-state index contributed by atoms with van der Waals surface area (Å²) in [6, 6.07) is 8.23. The van der Waals surface area contributed by atoms with Crippen molar-refractivity contribution in [2.24, 2.45) is 0 Å². The van der Waals surface area contributed by atoms with E-state index in [0.717, 1.165) is 44.0 Å². The summed E-state index contributed by atoms with van der Waals surface area (Å²) in [6.07, 6.45) is 1.46. The summed E-state index contributed by atoms with van der Waals surface area (Å²) in [7, 11) is 0. The molecule has 0 saturated carbocycles. The van der Waals surface area contributed by atoms with Crippen molar-refractivity contribution in [2.45, 2.75) is 26.4 Å². The Morgan fingerprint density at radius 2 is 2.06 bits per heavy atom. The molecule has 3 aromatic rings. The molecule has 1 unspecified atom stereocenters. The lowest BCUT2D eigenvalue weighted by molar-refractivity contribution is 0.271. The predicted octanol–water partition coefficient (Wildman–Crippen LogP) is 2.03. The molecular weight excluding hydrogens is 397 g/mol. The summed E-state index contributed by atoms with van der Waals surface area (Å²) in [6.45, 7) is 9.27. The van der Waals surface area contributed by atoms with Crippen molar-refractivity contribution in [3.63, 3.8) is 0 Å². The second kappa shape index (κ2) is 8.88. The van der Waals surface area contributed by atoms with Gasteiger partial charge in [-0.15, -0.1) is 0 Å². The van der Waals surface area contributed by atoms with Gasteiger partial charge in [0.25, 0.3) is 5.56 Å². The van der Waals surface area contributed by atoms with Crippen LogP contribution < -0.4 is 15.8 Å². The Bertz CT molecular complexity index is 1170. The van der Waals surface area contributed by atoms with Crippen molar-refractivity contribution in [3.05, 3.63) is 63.5 Å². The number of aromatic amines is 1. The third kappa shape index (κ3) is 4.31. The first-order valence-corrected chi connectivity index (χ1v) is 10.5. The number of aromatic nitrogens is 3. The Morgan fingerprint density at radius 1 is 1.29 bits per heavy atom. The van der Waals surface area contributed by atoms with Crippen LogP contribution in [0.3, 0.4) is 0 Å². The Morgan fingerprint density at radius 3 is 2.77 bits per heavy atom. The molecule has 0 spiro atoms. The number of fused-ring (bicyclic) bond motifs is 1. The number of nitriles is 1. The molecule has 0 bridgehead atoms. The normalized spacial score (nSPS) is 15.9. The number of nitrogens with one attached hydrogen (secondary N) is 2. The molecule has 0 radical (unpaired) electrons. The minimum absolute atomic E-state index is 0.156. The molecule has 1 fully saturated rings. The van der Waals surface area contributed by atoms with Crippen LogP contribution in [0.5, 0.6) is 0 Å². The van der Waals surface area contributed by atoms with Gasteiger partial charge in [-0.3, -0.25) is 9.89 Å². The number of piperazine rings is 1. The van der Waals surface area contributed by atoms with Gasteiger partial charge in [0.1, 0.15) is 17.4 Å². The van der Waals surface area contributed by atoms with E-state index in [9.17, 15) is 14.4 Å². The smallest absolute Gasteiger partial charge is 0.272 e. The van der Waals surface area contributed by atoms with Crippen molar-refractivity contribution in [3.8, 4) is 6.07 Å². The largest absolute Gasteiger partial charge is 0.369 e. The Balaban J connectivity index is 1.53. The summed E-state index contributed by atoms with van der Waals surface area (Å²) >= 11 is 0. The minimum Gasteiger partial charge on any atom is -0.369 e. The SMILES string of the molecule is CCN1CCN(c2ccc(F)cc2C(C)NCc2cc(=O)n3[nH]cc(C#N)c3n2)CC1. The predicted molar refractivity (Wildman–Crippen MR) is 117 cm³/mol. The molecule has 0 aliphatic carbocycles. The number of nitrogens with zero attached hydrogens (tertiary/aromatic N) is 5. The van der Waals surface area contributed by atoms with Gasteiger partial charge in [-0.25, -0.2) is 13.9 Å². The molecular formula is C22H26FN7O. The zero-order valence-corrected chi connectivity index (χ0v) is 17.7. The standard InChI is InChI=1S/C22H26FN7O/c1-3-28-6-8-29(9-7-28)20-5-4-17(23)10-19(20)15(2)25-14-18-11-21(31)30-22(27-18)16(12-24)13-26-30/h4-5,10-11,13,15,25-26H,3,6-9,14H2,1-2H3. The molecule has 4 rings (SSSR count). The van der Waals surface area contributed by atoms with Crippen LogP contribution in [0.2, 0.25) is 0 Å². The summed E-state index contributed by atoms with van der Waals surface area (Å²) < 4.78 is 15.3. The van der Waals surface area contributed by atoms with E-state index in [0.29, 0.717) is 23.4 Å². The summed E-state index contributed by atoms with van der Waals surface area (Å²) in [5, 5.41) is 15.3. The van der Waals surface area contributed by atoms with E-state index in [-0.39, 0.29) is 17.4 Å². The molecule has 1 aliphatic heterocycles. The second-order valence-corrected chi connectivity index (χ2v) is 7.77. The number of hydrogen-bond donors (Lipinski definition) is 2. The third-order valence-corrected chi connectivity index (χ3v) is 5.88. The molecule has 3 heterocycles. The van der Waals surface area contributed by atoms with E-state index in [1.807, 2.05) is 19.1 Å². The molecule has 1 saturated heterocycles. The second-order valence-electron chi connectivity index (χ2n) is 7.77. The first-order chi connectivity index (χ1) is 15.0. The highest BCUT2D eigenvalue weighted by Crippen LogP contribution is 2.28. The van der Waals surface area contributed by atoms with E-state index in [4.69, 9.17) is 0 Å². The van der Waals surface area contributed by atoms with Gasteiger partial charge in [-0.2, -0.15) is 5.26 Å². The molecule has 2 aromatic heterocycles. The topological polar surface area (TPSA) is 92.5 Å². The molecule has 31 heavy (non-hydrogen) atoms. The number of H-pyrrole nitrogens is 1. The molecule has 1 aliphatic rings. The molecule has 2 N–H and O–H groups in total. The molecule has 8 nitrogen and oxygen atoms in total. The van der Waals surface area contributed by atoms with Gasteiger partial charge < -0.3 is 15.1 Å². The van der Waals surface area contributed by atoms with Crippen molar-refractivity contribution in [1.82, 2.24) is 24.8 Å². The Kier molecular flexibility index (Phi) is 6.02. The van der Waals surface area contributed by atoms with Gasteiger partial charge in [-0.1, -0.05) is 6.92 Å². The average Bonchev–Trinajstić information content (AvgIpc) is 3.21. The van der Waals surface area contributed by atoms with Gasteiger partial charge in [0, 0.05) is 56.7 Å². The fourth-order valence-electron chi connectivity index (χ4n) is 4.03. The number of hydrogen-bond acceptors (Lipinski definition) is 6. The van der Waals surface area contributed by atoms with Gasteiger partial charge in [0.05, 0.1) is 5.69 Å². The molecule has 1 aromatic carbocycles. The maximum atomic E-state index is 14.1. The highest BCUT2D eigenvalue weighted by atomic mass is 19.1. The van der Waals surface area contributed by atoms with E-state index in [2.05, 4.69) is 32.1 Å². The monoisotopic (exact) mass is 423 g/mol. The fourth-order valence-corrected chi connectivity index (χ4v) is 4.03. The van der Waals surface area contributed by atoms with Crippen LogP contribution in [0.15, 0.2) is 35.3 Å².